The van der Waals surface area contributed by atoms with Gasteiger partial charge in [0.1, 0.15) is 24.0 Å². The molecule has 1 amide bonds. The van der Waals surface area contributed by atoms with Crippen LogP contribution in [0.3, 0.4) is 0 Å². The van der Waals surface area contributed by atoms with Gasteiger partial charge in [0.15, 0.2) is 11.5 Å². The number of carbonyl (C=O) groups excluding carboxylic acids is 2. The largest absolute Gasteiger partial charge is 0.493 e. The van der Waals surface area contributed by atoms with Crippen molar-refractivity contribution in [1.82, 2.24) is 5.32 Å². The number of benzene rings is 3. The Kier molecular flexibility index (Phi) is 10.7. The topological polar surface area (TPSA) is 97.7 Å². The first-order valence-electron chi connectivity index (χ1n) is 12.3. The molecule has 0 bridgehead atoms. The molecule has 0 atom stereocenters. The van der Waals surface area contributed by atoms with E-state index >= 15 is 0 Å². The maximum absolute atomic E-state index is 12.3. The number of esters is 1. The summed E-state index contributed by atoms with van der Waals surface area (Å²) in [5.74, 6) is 0.530. The SMILES string of the molecule is CCCCNC(=O)/C(C#N)=C/c1ccc(OC(=O)/C=C/c2ccc(OCc3ccccc3)c(OC)c2)cc1. The fourth-order valence-electron chi connectivity index (χ4n) is 3.38. The van der Waals surface area contributed by atoms with E-state index < -0.39 is 11.9 Å². The number of methoxy groups -OCH3 is 1. The van der Waals surface area contributed by atoms with Crippen molar-refractivity contribution in [3.05, 3.63) is 101 Å². The summed E-state index contributed by atoms with van der Waals surface area (Å²) >= 11 is 0. The van der Waals surface area contributed by atoms with Crippen LogP contribution in [0.25, 0.3) is 12.2 Å². The molecule has 7 nitrogen and oxygen atoms in total. The van der Waals surface area contributed by atoms with E-state index in [2.05, 4.69) is 5.32 Å². The molecule has 0 saturated carbocycles. The first-order valence-corrected chi connectivity index (χ1v) is 12.3. The molecule has 0 aliphatic carbocycles. The van der Waals surface area contributed by atoms with E-state index in [9.17, 15) is 14.9 Å². The van der Waals surface area contributed by atoms with Gasteiger partial charge in [0.25, 0.3) is 5.91 Å². The second kappa shape index (κ2) is 14.7. The first kappa shape index (κ1) is 27.8. The number of nitrogens with zero attached hydrogens (tertiary/aromatic N) is 1. The number of hydrogen-bond donors (Lipinski definition) is 1. The third-order valence-electron chi connectivity index (χ3n) is 5.43. The number of nitriles is 1. The highest BCUT2D eigenvalue weighted by Gasteiger charge is 2.09. The molecule has 194 valence electrons. The Hall–Kier alpha value is -4.83. The van der Waals surface area contributed by atoms with Crippen LogP contribution in [-0.4, -0.2) is 25.5 Å². The van der Waals surface area contributed by atoms with E-state index in [-0.39, 0.29) is 5.57 Å². The monoisotopic (exact) mass is 510 g/mol. The maximum Gasteiger partial charge on any atom is 0.336 e. The number of nitrogens with one attached hydrogen (secondary N) is 1. The van der Waals surface area contributed by atoms with Crippen LogP contribution < -0.4 is 19.5 Å². The lowest BCUT2D eigenvalue weighted by Crippen LogP contribution is -2.25. The van der Waals surface area contributed by atoms with Crippen molar-refractivity contribution in [2.45, 2.75) is 26.4 Å². The molecule has 0 fully saturated rings. The molecule has 3 rings (SSSR count). The van der Waals surface area contributed by atoms with Gasteiger partial charge in [-0.05, 0) is 59.5 Å². The average Bonchev–Trinajstić information content (AvgIpc) is 2.95. The summed E-state index contributed by atoms with van der Waals surface area (Å²) in [7, 11) is 1.56. The lowest BCUT2D eigenvalue weighted by atomic mass is 10.1. The van der Waals surface area contributed by atoms with Crippen LogP contribution in [0.4, 0.5) is 0 Å². The second-order valence-corrected chi connectivity index (χ2v) is 8.29. The van der Waals surface area contributed by atoms with Crippen LogP contribution in [0, 0.1) is 11.3 Å². The fraction of sp³-hybridized carbons (Fsp3) is 0.194. The van der Waals surface area contributed by atoms with Gasteiger partial charge in [-0.15, -0.1) is 0 Å². The maximum atomic E-state index is 12.3. The zero-order valence-corrected chi connectivity index (χ0v) is 21.5. The molecule has 0 spiro atoms. The number of carbonyl (C=O) groups is 2. The van der Waals surface area contributed by atoms with Gasteiger partial charge in [0.05, 0.1) is 7.11 Å². The number of rotatable bonds is 12. The zero-order valence-electron chi connectivity index (χ0n) is 21.5. The molecule has 3 aromatic carbocycles. The molecule has 0 saturated heterocycles. The Balaban J connectivity index is 1.57. The van der Waals surface area contributed by atoms with Crippen LogP contribution in [0.2, 0.25) is 0 Å². The van der Waals surface area contributed by atoms with Gasteiger partial charge >= 0.3 is 5.97 Å². The Morgan fingerprint density at radius 2 is 1.71 bits per heavy atom. The minimum Gasteiger partial charge on any atom is -0.493 e. The minimum atomic E-state index is -0.551. The van der Waals surface area contributed by atoms with Crippen molar-refractivity contribution in [3.63, 3.8) is 0 Å². The predicted octanol–water partition coefficient (Wildman–Crippen LogP) is 5.72. The summed E-state index contributed by atoms with van der Waals surface area (Å²) in [6.07, 6.45) is 6.24. The highest BCUT2D eigenvalue weighted by Crippen LogP contribution is 2.29. The lowest BCUT2D eigenvalue weighted by Gasteiger charge is -2.11. The number of hydrogen-bond acceptors (Lipinski definition) is 6. The summed E-state index contributed by atoms with van der Waals surface area (Å²) in [5.41, 5.74) is 2.45. The molecule has 0 aromatic heterocycles. The minimum absolute atomic E-state index is 0.0145. The van der Waals surface area contributed by atoms with E-state index in [4.69, 9.17) is 14.2 Å². The van der Waals surface area contributed by atoms with E-state index in [1.807, 2.05) is 49.4 Å². The van der Waals surface area contributed by atoms with E-state index in [0.29, 0.717) is 36.0 Å². The molecule has 0 heterocycles. The molecular weight excluding hydrogens is 480 g/mol. The molecule has 0 unspecified atom stereocenters. The Morgan fingerprint density at radius 1 is 0.974 bits per heavy atom. The number of amides is 1. The van der Waals surface area contributed by atoms with Gasteiger partial charge in [0.2, 0.25) is 0 Å². The normalized spacial score (nSPS) is 11.0. The van der Waals surface area contributed by atoms with Crippen molar-refractivity contribution in [1.29, 1.82) is 5.26 Å². The third-order valence-corrected chi connectivity index (χ3v) is 5.43. The average molecular weight is 511 g/mol. The first-order chi connectivity index (χ1) is 18.5. The van der Waals surface area contributed by atoms with Crippen molar-refractivity contribution in [2.75, 3.05) is 13.7 Å². The van der Waals surface area contributed by atoms with Gasteiger partial charge in [-0.1, -0.05) is 61.9 Å². The molecule has 0 aliphatic heterocycles. The third kappa shape index (κ3) is 8.68. The van der Waals surface area contributed by atoms with Crippen LogP contribution >= 0.6 is 0 Å². The molecule has 3 aromatic rings. The van der Waals surface area contributed by atoms with Gasteiger partial charge in [-0.3, -0.25) is 4.79 Å². The number of unbranched alkanes of at least 4 members (excludes halogenated alkanes) is 1. The Bertz CT molecular complexity index is 1320. The summed E-state index contributed by atoms with van der Waals surface area (Å²) in [5, 5.41) is 12.0. The van der Waals surface area contributed by atoms with Gasteiger partial charge < -0.3 is 19.5 Å². The Labute approximate surface area is 223 Å². The predicted molar refractivity (Wildman–Crippen MR) is 146 cm³/mol. The van der Waals surface area contributed by atoms with E-state index in [0.717, 1.165) is 24.0 Å². The lowest BCUT2D eigenvalue weighted by molar-refractivity contribution is -0.128. The van der Waals surface area contributed by atoms with Gasteiger partial charge in [-0.25, -0.2) is 4.79 Å². The van der Waals surface area contributed by atoms with Crippen molar-refractivity contribution in [3.8, 4) is 23.3 Å². The van der Waals surface area contributed by atoms with E-state index in [1.54, 1.807) is 49.6 Å². The van der Waals surface area contributed by atoms with Crippen LogP contribution in [-0.2, 0) is 16.2 Å². The van der Waals surface area contributed by atoms with Crippen LogP contribution in [0.5, 0.6) is 17.2 Å². The molecule has 38 heavy (non-hydrogen) atoms. The standard InChI is InChI=1S/C31H30N2O5/c1-3-4-18-33-31(35)26(21-32)19-23-10-14-27(15-11-23)38-30(34)17-13-24-12-16-28(29(20-24)36-2)37-22-25-8-6-5-7-9-25/h5-17,19-20H,3-4,18,22H2,1-2H3,(H,33,35)/b17-13+,26-19+. The molecule has 1 N–H and O–H groups in total. The highest BCUT2D eigenvalue weighted by atomic mass is 16.5. The van der Waals surface area contributed by atoms with Crippen molar-refractivity contribution < 1.29 is 23.8 Å². The smallest absolute Gasteiger partial charge is 0.336 e. The van der Waals surface area contributed by atoms with Gasteiger partial charge in [0, 0.05) is 12.6 Å². The van der Waals surface area contributed by atoms with Crippen molar-refractivity contribution >= 4 is 24.0 Å². The molecular formula is C31H30N2O5. The summed E-state index contributed by atoms with van der Waals surface area (Å²) < 4.78 is 16.7. The fourth-order valence-corrected chi connectivity index (χ4v) is 3.38. The van der Waals surface area contributed by atoms with Crippen LogP contribution in [0.15, 0.2) is 84.4 Å². The summed E-state index contributed by atoms with van der Waals surface area (Å²) in [6, 6.07) is 23.7. The van der Waals surface area contributed by atoms with Crippen LogP contribution in [0.1, 0.15) is 36.5 Å². The van der Waals surface area contributed by atoms with Gasteiger partial charge in [-0.2, -0.15) is 5.26 Å². The number of ether oxygens (including phenoxy) is 3. The zero-order chi connectivity index (χ0) is 27.2. The quantitative estimate of drug-likeness (QED) is 0.110. The molecule has 0 aliphatic rings. The summed E-state index contributed by atoms with van der Waals surface area (Å²) in [4.78, 5) is 24.4. The van der Waals surface area contributed by atoms with Crippen molar-refractivity contribution in [2.24, 2.45) is 0 Å². The molecule has 0 radical (unpaired) electrons. The Morgan fingerprint density at radius 3 is 2.39 bits per heavy atom. The van der Waals surface area contributed by atoms with E-state index in [1.165, 1.54) is 12.2 Å². The summed E-state index contributed by atoms with van der Waals surface area (Å²) in [6.45, 7) is 2.96. The molecule has 7 heteroatoms. The highest BCUT2D eigenvalue weighted by molar-refractivity contribution is 6.01. The second-order valence-electron chi connectivity index (χ2n) is 8.29.